The molecule has 1 aromatic heterocycles. The first kappa shape index (κ1) is 13.1. The highest BCUT2D eigenvalue weighted by Gasteiger charge is 2.02. The normalized spacial score (nSPS) is 10.8. The number of esters is 1. The zero-order valence-corrected chi connectivity index (χ0v) is 10.9. The van der Waals surface area contributed by atoms with Gasteiger partial charge >= 0.3 is 5.97 Å². The lowest BCUT2D eigenvalue weighted by Gasteiger charge is -2.04. The first-order valence-corrected chi connectivity index (χ1v) is 6.02. The summed E-state index contributed by atoms with van der Waals surface area (Å²) in [6.45, 7) is 2.13. The van der Waals surface area contributed by atoms with Crippen molar-refractivity contribution in [2.75, 3.05) is 13.7 Å². The average molecular weight is 257 g/mol. The van der Waals surface area contributed by atoms with Crippen LogP contribution >= 0.6 is 0 Å². The lowest BCUT2D eigenvalue weighted by Crippen LogP contribution is -1.98. The van der Waals surface area contributed by atoms with Crippen molar-refractivity contribution >= 4 is 22.8 Å². The Morgan fingerprint density at radius 2 is 2.21 bits per heavy atom. The molecule has 1 heterocycles. The first-order chi connectivity index (χ1) is 9.24. The van der Waals surface area contributed by atoms with Crippen molar-refractivity contribution in [2.24, 2.45) is 0 Å². The van der Waals surface area contributed by atoms with Crippen molar-refractivity contribution in [3.05, 3.63) is 42.2 Å². The molecule has 4 heteroatoms. The van der Waals surface area contributed by atoms with Crippen molar-refractivity contribution in [3.63, 3.8) is 0 Å². The molecule has 0 aliphatic rings. The van der Waals surface area contributed by atoms with Gasteiger partial charge in [0.05, 0.1) is 19.4 Å². The number of carbonyl (C=O) groups is 1. The molecule has 0 spiro atoms. The molecule has 19 heavy (non-hydrogen) atoms. The van der Waals surface area contributed by atoms with Crippen LogP contribution in [0, 0.1) is 0 Å². The van der Waals surface area contributed by atoms with Gasteiger partial charge < -0.3 is 9.47 Å². The molecular weight excluding hydrogens is 242 g/mol. The number of benzene rings is 1. The number of pyridine rings is 1. The summed E-state index contributed by atoms with van der Waals surface area (Å²) in [4.78, 5) is 15.6. The third kappa shape index (κ3) is 3.10. The van der Waals surface area contributed by atoms with Crippen molar-refractivity contribution in [1.82, 2.24) is 4.98 Å². The Morgan fingerprint density at radius 1 is 1.37 bits per heavy atom. The molecular formula is C15H15NO3. The maximum atomic E-state index is 11.3. The SMILES string of the molecule is CCOC(=O)/C=C/c1nccc2ccc(OC)cc12. The Morgan fingerprint density at radius 3 is 2.95 bits per heavy atom. The van der Waals surface area contributed by atoms with Crippen LogP contribution in [-0.2, 0) is 9.53 Å². The van der Waals surface area contributed by atoms with Gasteiger partial charge in [-0.3, -0.25) is 4.98 Å². The fraction of sp³-hybridized carbons (Fsp3) is 0.200. The Labute approximate surface area is 111 Å². The van der Waals surface area contributed by atoms with E-state index >= 15 is 0 Å². The molecule has 0 aliphatic carbocycles. The summed E-state index contributed by atoms with van der Waals surface area (Å²) in [5.41, 5.74) is 0.712. The van der Waals surface area contributed by atoms with E-state index in [0.29, 0.717) is 12.3 Å². The molecule has 2 aromatic rings. The lowest BCUT2D eigenvalue weighted by molar-refractivity contribution is -0.137. The van der Waals surface area contributed by atoms with Crippen LogP contribution in [0.2, 0.25) is 0 Å². The van der Waals surface area contributed by atoms with Gasteiger partial charge in [0.15, 0.2) is 0 Å². The number of aromatic nitrogens is 1. The van der Waals surface area contributed by atoms with Gasteiger partial charge in [-0.05, 0) is 36.6 Å². The fourth-order valence-electron chi connectivity index (χ4n) is 1.77. The second-order valence-electron chi connectivity index (χ2n) is 3.87. The topological polar surface area (TPSA) is 48.4 Å². The molecule has 0 unspecified atom stereocenters. The van der Waals surface area contributed by atoms with E-state index in [9.17, 15) is 4.79 Å². The van der Waals surface area contributed by atoms with Crippen LogP contribution in [-0.4, -0.2) is 24.7 Å². The van der Waals surface area contributed by atoms with Gasteiger partial charge in [0.25, 0.3) is 0 Å². The summed E-state index contributed by atoms with van der Waals surface area (Å²) in [5.74, 6) is 0.385. The second-order valence-corrected chi connectivity index (χ2v) is 3.87. The molecule has 0 amide bonds. The van der Waals surface area contributed by atoms with Gasteiger partial charge in [-0.2, -0.15) is 0 Å². The highest BCUT2D eigenvalue weighted by Crippen LogP contribution is 2.23. The van der Waals surface area contributed by atoms with Crippen molar-refractivity contribution < 1.29 is 14.3 Å². The van der Waals surface area contributed by atoms with Crippen LogP contribution in [0.4, 0.5) is 0 Å². The maximum absolute atomic E-state index is 11.3. The minimum atomic E-state index is -0.371. The summed E-state index contributed by atoms with van der Waals surface area (Å²) in [7, 11) is 1.62. The Balaban J connectivity index is 2.39. The third-order valence-corrected chi connectivity index (χ3v) is 2.67. The molecule has 0 N–H and O–H groups in total. The van der Waals surface area contributed by atoms with E-state index in [1.165, 1.54) is 6.08 Å². The smallest absolute Gasteiger partial charge is 0.330 e. The zero-order valence-electron chi connectivity index (χ0n) is 10.9. The number of rotatable bonds is 4. The van der Waals surface area contributed by atoms with Crippen LogP contribution in [0.5, 0.6) is 5.75 Å². The first-order valence-electron chi connectivity index (χ1n) is 6.02. The Hall–Kier alpha value is -2.36. The largest absolute Gasteiger partial charge is 0.497 e. The summed E-state index contributed by atoms with van der Waals surface area (Å²) < 4.78 is 10.0. The third-order valence-electron chi connectivity index (χ3n) is 2.67. The predicted molar refractivity (Wildman–Crippen MR) is 74.0 cm³/mol. The van der Waals surface area contributed by atoms with Gasteiger partial charge in [-0.15, -0.1) is 0 Å². The lowest BCUT2D eigenvalue weighted by atomic mass is 10.1. The van der Waals surface area contributed by atoms with E-state index in [1.54, 1.807) is 26.3 Å². The zero-order chi connectivity index (χ0) is 13.7. The molecule has 2 rings (SSSR count). The minimum Gasteiger partial charge on any atom is -0.497 e. The molecule has 0 aliphatic heterocycles. The maximum Gasteiger partial charge on any atom is 0.330 e. The highest BCUT2D eigenvalue weighted by molar-refractivity contribution is 5.94. The van der Waals surface area contributed by atoms with Crippen LogP contribution in [0.3, 0.4) is 0 Å². The van der Waals surface area contributed by atoms with Crippen LogP contribution < -0.4 is 4.74 Å². The molecule has 0 atom stereocenters. The summed E-state index contributed by atoms with van der Waals surface area (Å²) in [6.07, 6.45) is 4.74. The van der Waals surface area contributed by atoms with E-state index in [-0.39, 0.29) is 5.97 Å². The van der Waals surface area contributed by atoms with Gasteiger partial charge in [-0.1, -0.05) is 6.07 Å². The van der Waals surface area contributed by atoms with Crippen molar-refractivity contribution in [2.45, 2.75) is 6.92 Å². The number of hydrogen-bond acceptors (Lipinski definition) is 4. The number of nitrogens with zero attached hydrogens (tertiary/aromatic N) is 1. The minimum absolute atomic E-state index is 0.361. The molecule has 98 valence electrons. The Kier molecular flexibility index (Phi) is 4.13. The summed E-state index contributed by atoms with van der Waals surface area (Å²) in [6, 6.07) is 7.66. The average Bonchev–Trinajstić information content (AvgIpc) is 2.44. The summed E-state index contributed by atoms with van der Waals surface area (Å²) in [5, 5.41) is 1.97. The van der Waals surface area contributed by atoms with Gasteiger partial charge in [0.2, 0.25) is 0 Å². The molecule has 0 radical (unpaired) electrons. The van der Waals surface area contributed by atoms with Gasteiger partial charge in [0, 0.05) is 17.7 Å². The number of methoxy groups -OCH3 is 1. The van der Waals surface area contributed by atoms with E-state index < -0.39 is 0 Å². The molecule has 4 nitrogen and oxygen atoms in total. The molecule has 0 bridgehead atoms. The van der Waals surface area contributed by atoms with E-state index in [2.05, 4.69) is 4.98 Å². The second kappa shape index (κ2) is 6.00. The van der Waals surface area contributed by atoms with Crippen LogP contribution in [0.25, 0.3) is 16.8 Å². The number of hydrogen-bond donors (Lipinski definition) is 0. The van der Waals surface area contributed by atoms with Crippen LogP contribution in [0.1, 0.15) is 12.6 Å². The molecule has 1 aromatic carbocycles. The Bertz CT molecular complexity index is 620. The summed E-state index contributed by atoms with van der Waals surface area (Å²) >= 11 is 0. The van der Waals surface area contributed by atoms with E-state index in [0.717, 1.165) is 16.5 Å². The predicted octanol–water partition coefficient (Wildman–Crippen LogP) is 2.82. The monoisotopic (exact) mass is 257 g/mol. The fourth-order valence-corrected chi connectivity index (χ4v) is 1.77. The van der Waals surface area contributed by atoms with Gasteiger partial charge in [0.1, 0.15) is 5.75 Å². The van der Waals surface area contributed by atoms with Crippen LogP contribution in [0.15, 0.2) is 36.5 Å². The number of carbonyl (C=O) groups excluding carboxylic acids is 1. The van der Waals surface area contributed by atoms with E-state index in [4.69, 9.17) is 9.47 Å². The molecule has 0 saturated carbocycles. The number of fused-ring (bicyclic) bond motifs is 1. The quantitative estimate of drug-likeness (QED) is 0.624. The molecule has 0 fully saturated rings. The van der Waals surface area contributed by atoms with Crippen molar-refractivity contribution in [3.8, 4) is 5.75 Å². The van der Waals surface area contributed by atoms with Gasteiger partial charge in [-0.25, -0.2) is 4.79 Å². The van der Waals surface area contributed by atoms with Crippen molar-refractivity contribution in [1.29, 1.82) is 0 Å². The van der Waals surface area contributed by atoms with E-state index in [1.807, 2.05) is 24.3 Å². The molecule has 0 saturated heterocycles. The highest BCUT2D eigenvalue weighted by atomic mass is 16.5. The number of ether oxygens (including phenoxy) is 2. The standard InChI is InChI=1S/C15H15NO3/c1-3-19-15(17)7-6-14-13-10-12(18-2)5-4-11(13)8-9-16-14/h4-10H,3H2,1-2H3/b7-6+.